The van der Waals surface area contributed by atoms with Crippen LogP contribution in [-0.4, -0.2) is 26.6 Å². The number of aryl methyl sites for hydroxylation is 2. The van der Waals surface area contributed by atoms with E-state index in [4.69, 9.17) is 5.26 Å². The van der Waals surface area contributed by atoms with E-state index in [2.05, 4.69) is 11.4 Å². The summed E-state index contributed by atoms with van der Waals surface area (Å²) in [6.45, 7) is 5.63. The minimum atomic E-state index is -3.67. The number of nitriles is 1. The Morgan fingerprint density at radius 3 is 2.29 bits per heavy atom. The first-order valence-electron chi connectivity index (χ1n) is 9.00. The van der Waals surface area contributed by atoms with Crippen molar-refractivity contribution in [3.8, 4) is 6.07 Å². The number of hydrogen-bond donors (Lipinski definition) is 1. The second-order valence-electron chi connectivity index (χ2n) is 6.77. The molecule has 1 amide bonds. The van der Waals surface area contributed by atoms with Crippen LogP contribution in [0.25, 0.3) is 0 Å². The van der Waals surface area contributed by atoms with Crippen molar-refractivity contribution in [3.05, 3.63) is 59.2 Å². The van der Waals surface area contributed by atoms with Crippen molar-refractivity contribution >= 4 is 27.3 Å². The Morgan fingerprint density at radius 2 is 1.79 bits per heavy atom. The summed E-state index contributed by atoms with van der Waals surface area (Å²) in [6, 6.07) is 13.5. The number of nitrogens with one attached hydrogen (secondary N) is 1. The van der Waals surface area contributed by atoms with Gasteiger partial charge in [0.25, 0.3) is 0 Å². The Bertz CT molecular complexity index is 993. The molecule has 2 rings (SSSR count). The molecular formula is C21H25N3O3S. The van der Waals surface area contributed by atoms with Crippen LogP contribution in [0.1, 0.15) is 30.0 Å². The molecule has 0 heterocycles. The second kappa shape index (κ2) is 8.89. The van der Waals surface area contributed by atoms with Crippen LogP contribution < -0.4 is 9.62 Å². The summed E-state index contributed by atoms with van der Waals surface area (Å²) in [5.74, 6) is -0.404. The van der Waals surface area contributed by atoms with Gasteiger partial charge in [0, 0.05) is 5.69 Å². The fourth-order valence-corrected chi connectivity index (χ4v) is 4.15. The maximum absolute atomic E-state index is 12.9. The Kier molecular flexibility index (Phi) is 6.81. The van der Waals surface area contributed by atoms with E-state index in [1.54, 1.807) is 43.3 Å². The Hall–Kier alpha value is -2.85. The van der Waals surface area contributed by atoms with Gasteiger partial charge < -0.3 is 5.32 Å². The fraction of sp³-hybridized carbons (Fsp3) is 0.333. The standard InChI is InChI=1S/C21H25N3O3S/c1-5-20(21(25)23-18-9-7-17(8-10-18)12-13-22)24(28(4,26)27)19-11-6-15(2)16(3)14-19/h6-11,14,20H,5,12H2,1-4H3,(H,23,25)/t20-/m0/s1. The summed E-state index contributed by atoms with van der Waals surface area (Å²) < 4.78 is 26.2. The number of anilines is 2. The van der Waals surface area contributed by atoms with E-state index in [-0.39, 0.29) is 0 Å². The third kappa shape index (κ3) is 5.11. The first kappa shape index (κ1) is 21.5. The summed E-state index contributed by atoms with van der Waals surface area (Å²) in [5.41, 5.74) is 3.87. The molecule has 0 radical (unpaired) electrons. The zero-order valence-electron chi connectivity index (χ0n) is 16.6. The average molecular weight is 400 g/mol. The molecule has 2 aromatic rings. The lowest BCUT2D eigenvalue weighted by atomic mass is 10.1. The van der Waals surface area contributed by atoms with Gasteiger partial charge in [-0.25, -0.2) is 8.42 Å². The average Bonchev–Trinajstić information content (AvgIpc) is 2.63. The molecule has 1 atom stereocenters. The highest BCUT2D eigenvalue weighted by molar-refractivity contribution is 7.92. The summed E-state index contributed by atoms with van der Waals surface area (Å²) in [6.07, 6.45) is 1.72. The first-order valence-corrected chi connectivity index (χ1v) is 10.9. The van der Waals surface area contributed by atoms with Crippen LogP contribution in [-0.2, 0) is 21.2 Å². The monoisotopic (exact) mass is 399 g/mol. The van der Waals surface area contributed by atoms with Crippen molar-refractivity contribution in [1.82, 2.24) is 0 Å². The predicted molar refractivity (Wildman–Crippen MR) is 112 cm³/mol. The summed E-state index contributed by atoms with van der Waals surface area (Å²) in [5, 5.41) is 11.5. The molecular weight excluding hydrogens is 374 g/mol. The number of nitrogens with zero attached hydrogens (tertiary/aromatic N) is 2. The minimum Gasteiger partial charge on any atom is -0.324 e. The van der Waals surface area contributed by atoms with Crippen molar-refractivity contribution in [2.24, 2.45) is 0 Å². The van der Waals surface area contributed by atoms with Gasteiger partial charge in [0.05, 0.1) is 24.4 Å². The molecule has 28 heavy (non-hydrogen) atoms. The highest BCUT2D eigenvalue weighted by Gasteiger charge is 2.31. The highest BCUT2D eigenvalue weighted by Crippen LogP contribution is 2.25. The topological polar surface area (TPSA) is 90.3 Å². The van der Waals surface area contributed by atoms with Gasteiger partial charge in [0.15, 0.2) is 0 Å². The van der Waals surface area contributed by atoms with Gasteiger partial charge in [-0.05, 0) is 61.2 Å². The van der Waals surface area contributed by atoms with Crippen LogP contribution in [0.2, 0.25) is 0 Å². The van der Waals surface area contributed by atoms with Gasteiger partial charge in [-0.2, -0.15) is 5.26 Å². The maximum atomic E-state index is 12.9. The molecule has 0 saturated heterocycles. The van der Waals surface area contributed by atoms with E-state index >= 15 is 0 Å². The van der Waals surface area contributed by atoms with Gasteiger partial charge in [0.1, 0.15) is 6.04 Å². The molecule has 0 spiro atoms. The van der Waals surface area contributed by atoms with Crippen LogP contribution >= 0.6 is 0 Å². The lowest BCUT2D eigenvalue weighted by Crippen LogP contribution is -2.47. The van der Waals surface area contributed by atoms with E-state index in [9.17, 15) is 13.2 Å². The number of amides is 1. The number of sulfonamides is 1. The molecule has 0 fully saturated rings. The number of rotatable bonds is 7. The SMILES string of the molecule is CC[C@@H](C(=O)Nc1ccc(CC#N)cc1)N(c1ccc(C)c(C)c1)S(C)(=O)=O. The summed E-state index contributed by atoms with van der Waals surface area (Å²) in [7, 11) is -3.67. The van der Waals surface area contributed by atoms with Crippen molar-refractivity contribution in [2.75, 3.05) is 15.9 Å². The Balaban J connectivity index is 2.33. The van der Waals surface area contributed by atoms with Crippen LogP contribution in [0.5, 0.6) is 0 Å². The van der Waals surface area contributed by atoms with Gasteiger partial charge in [-0.15, -0.1) is 0 Å². The fourth-order valence-electron chi connectivity index (χ4n) is 2.95. The van der Waals surface area contributed by atoms with Gasteiger partial charge in [-0.3, -0.25) is 9.10 Å². The molecule has 0 aromatic heterocycles. The third-order valence-corrected chi connectivity index (χ3v) is 5.76. The second-order valence-corrected chi connectivity index (χ2v) is 8.63. The lowest BCUT2D eigenvalue weighted by Gasteiger charge is -2.30. The van der Waals surface area contributed by atoms with Gasteiger partial charge >= 0.3 is 0 Å². The van der Waals surface area contributed by atoms with E-state index < -0.39 is 22.0 Å². The first-order chi connectivity index (χ1) is 13.2. The largest absolute Gasteiger partial charge is 0.324 e. The maximum Gasteiger partial charge on any atom is 0.248 e. The summed E-state index contributed by atoms with van der Waals surface area (Å²) >= 11 is 0. The Morgan fingerprint density at radius 1 is 1.14 bits per heavy atom. The molecule has 0 aliphatic heterocycles. The zero-order valence-corrected chi connectivity index (χ0v) is 17.4. The predicted octanol–water partition coefficient (Wildman–Crippen LogP) is 3.55. The zero-order chi connectivity index (χ0) is 20.9. The van der Waals surface area contributed by atoms with Crippen molar-refractivity contribution in [2.45, 2.75) is 39.7 Å². The van der Waals surface area contributed by atoms with E-state index in [1.165, 1.54) is 4.31 Å². The molecule has 6 nitrogen and oxygen atoms in total. The third-order valence-electron chi connectivity index (χ3n) is 4.58. The molecule has 148 valence electrons. The number of carbonyl (C=O) groups excluding carboxylic acids is 1. The molecule has 0 aliphatic carbocycles. The van der Waals surface area contributed by atoms with E-state index in [0.717, 1.165) is 22.9 Å². The number of hydrogen-bond acceptors (Lipinski definition) is 4. The minimum absolute atomic E-state index is 0.292. The lowest BCUT2D eigenvalue weighted by molar-refractivity contribution is -0.117. The molecule has 0 saturated carbocycles. The molecule has 2 aromatic carbocycles. The Labute approximate surface area is 166 Å². The quantitative estimate of drug-likeness (QED) is 0.771. The van der Waals surface area contributed by atoms with Crippen molar-refractivity contribution in [3.63, 3.8) is 0 Å². The highest BCUT2D eigenvalue weighted by atomic mass is 32.2. The molecule has 0 aliphatic rings. The molecule has 7 heteroatoms. The van der Waals surface area contributed by atoms with Crippen LogP contribution in [0.4, 0.5) is 11.4 Å². The summed E-state index contributed by atoms with van der Waals surface area (Å²) in [4.78, 5) is 12.9. The van der Waals surface area contributed by atoms with Crippen molar-refractivity contribution < 1.29 is 13.2 Å². The van der Waals surface area contributed by atoms with Crippen molar-refractivity contribution in [1.29, 1.82) is 5.26 Å². The van der Waals surface area contributed by atoms with Crippen LogP contribution in [0, 0.1) is 25.2 Å². The molecule has 1 N–H and O–H groups in total. The van der Waals surface area contributed by atoms with Crippen LogP contribution in [0.3, 0.4) is 0 Å². The van der Waals surface area contributed by atoms with Crippen LogP contribution in [0.15, 0.2) is 42.5 Å². The normalized spacial score (nSPS) is 12.1. The van der Waals surface area contributed by atoms with Gasteiger partial charge in [0.2, 0.25) is 15.9 Å². The molecule has 0 bridgehead atoms. The van der Waals surface area contributed by atoms with E-state index in [1.807, 2.05) is 19.9 Å². The number of carbonyl (C=O) groups is 1. The molecule has 0 unspecified atom stereocenters. The van der Waals surface area contributed by atoms with Gasteiger partial charge in [-0.1, -0.05) is 25.1 Å². The smallest absolute Gasteiger partial charge is 0.248 e. The number of benzene rings is 2. The van der Waals surface area contributed by atoms with E-state index in [0.29, 0.717) is 24.2 Å².